The zero-order chi connectivity index (χ0) is 11.6. The highest BCUT2D eigenvalue weighted by Crippen LogP contribution is 2.42. The van der Waals surface area contributed by atoms with E-state index in [1.807, 2.05) is 0 Å². The van der Waals surface area contributed by atoms with Crippen molar-refractivity contribution in [3.05, 3.63) is 26.2 Å². The molecule has 0 saturated carbocycles. The first-order chi connectivity index (χ1) is 6.97. The zero-order valence-corrected chi connectivity index (χ0v) is 10.3. The van der Waals surface area contributed by atoms with Gasteiger partial charge in [0.25, 0.3) is 0 Å². The molecule has 0 amide bonds. The molecule has 0 atom stereocenters. The third-order valence-corrected chi connectivity index (χ3v) is 2.95. The number of halogens is 4. The lowest BCUT2D eigenvalue weighted by Crippen LogP contribution is -2.08. The summed E-state index contributed by atoms with van der Waals surface area (Å²) in [6.07, 6.45) is -0.947. The van der Waals surface area contributed by atoms with Crippen LogP contribution in [0.3, 0.4) is 0 Å². The van der Waals surface area contributed by atoms with Gasteiger partial charge in [0.2, 0.25) is 0 Å². The van der Waals surface area contributed by atoms with E-state index >= 15 is 0 Å². The van der Waals surface area contributed by atoms with Crippen LogP contribution in [0.2, 0.25) is 20.1 Å². The summed E-state index contributed by atoms with van der Waals surface area (Å²) in [5.41, 5.74) is 0. The Morgan fingerprint density at radius 2 is 1.73 bits per heavy atom. The highest BCUT2D eigenvalue weighted by atomic mass is 35.5. The second kappa shape index (κ2) is 5.12. The molecule has 7 heteroatoms. The van der Waals surface area contributed by atoms with E-state index in [2.05, 4.69) is 4.74 Å². The molecule has 0 spiro atoms. The molecule has 0 fully saturated rings. The maximum Gasteiger partial charge on any atom is 0.513 e. The van der Waals surface area contributed by atoms with Crippen LogP contribution in [0.25, 0.3) is 0 Å². The molecule has 0 heterocycles. The number of carbonyl (C=O) groups is 1. The van der Waals surface area contributed by atoms with Crippen LogP contribution in [-0.4, -0.2) is 13.3 Å². The van der Waals surface area contributed by atoms with Crippen LogP contribution < -0.4 is 4.74 Å². The number of ether oxygens (including phenoxy) is 2. The van der Waals surface area contributed by atoms with Gasteiger partial charge in [-0.2, -0.15) is 0 Å². The minimum atomic E-state index is -0.947. The van der Waals surface area contributed by atoms with Gasteiger partial charge in [-0.25, -0.2) is 4.79 Å². The Bertz CT molecular complexity index is 405. The molecule has 0 aliphatic carbocycles. The molecular weight excluding hydrogens is 286 g/mol. The molecule has 82 valence electrons. The minimum Gasteiger partial charge on any atom is -0.437 e. The van der Waals surface area contributed by atoms with E-state index in [4.69, 9.17) is 51.1 Å². The fraction of sp³-hybridized carbons (Fsp3) is 0.125. The number of carbonyl (C=O) groups excluding carboxylic acids is 1. The molecule has 1 aromatic carbocycles. The van der Waals surface area contributed by atoms with Crippen molar-refractivity contribution in [1.29, 1.82) is 0 Å². The van der Waals surface area contributed by atoms with E-state index < -0.39 is 6.16 Å². The largest absolute Gasteiger partial charge is 0.513 e. The van der Waals surface area contributed by atoms with Crippen LogP contribution >= 0.6 is 46.4 Å². The smallest absolute Gasteiger partial charge is 0.437 e. The Labute approximate surface area is 106 Å². The lowest BCUT2D eigenvalue weighted by atomic mass is 10.3. The Morgan fingerprint density at radius 3 is 2.27 bits per heavy atom. The second-order valence-electron chi connectivity index (χ2n) is 2.35. The third kappa shape index (κ3) is 2.82. The predicted molar refractivity (Wildman–Crippen MR) is 59.5 cm³/mol. The third-order valence-electron chi connectivity index (χ3n) is 1.42. The van der Waals surface area contributed by atoms with Gasteiger partial charge in [-0.05, 0) is 6.07 Å². The highest BCUT2D eigenvalue weighted by Gasteiger charge is 2.18. The summed E-state index contributed by atoms with van der Waals surface area (Å²) in [4.78, 5) is 10.8. The summed E-state index contributed by atoms with van der Waals surface area (Å²) in [5, 5.41) is 0.255. The lowest BCUT2D eigenvalue weighted by molar-refractivity contribution is 0.121. The number of methoxy groups -OCH3 is 1. The van der Waals surface area contributed by atoms with Crippen LogP contribution in [0.1, 0.15) is 0 Å². The van der Waals surface area contributed by atoms with Crippen molar-refractivity contribution in [2.24, 2.45) is 0 Å². The maximum atomic E-state index is 10.8. The van der Waals surface area contributed by atoms with Gasteiger partial charge in [-0.3, -0.25) is 0 Å². The summed E-state index contributed by atoms with van der Waals surface area (Å²) in [7, 11) is 1.15. The van der Waals surface area contributed by atoms with Crippen LogP contribution in [0, 0.1) is 0 Å². The van der Waals surface area contributed by atoms with Gasteiger partial charge >= 0.3 is 6.16 Å². The molecule has 0 N–H and O–H groups in total. The van der Waals surface area contributed by atoms with Gasteiger partial charge in [0, 0.05) is 0 Å². The van der Waals surface area contributed by atoms with Gasteiger partial charge in [-0.1, -0.05) is 46.4 Å². The van der Waals surface area contributed by atoms with Crippen LogP contribution in [-0.2, 0) is 4.74 Å². The molecule has 0 aromatic heterocycles. The summed E-state index contributed by atoms with van der Waals surface area (Å²) < 4.78 is 8.97. The SMILES string of the molecule is COC(=O)Oc1c(Cl)cc(Cl)c(Cl)c1Cl. The van der Waals surface area contributed by atoms with Crippen molar-refractivity contribution in [3.8, 4) is 5.75 Å². The van der Waals surface area contributed by atoms with E-state index in [0.717, 1.165) is 7.11 Å². The molecule has 0 unspecified atom stereocenters. The van der Waals surface area contributed by atoms with Crippen molar-refractivity contribution in [3.63, 3.8) is 0 Å². The fourth-order valence-electron chi connectivity index (χ4n) is 0.768. The first-order valence-corrected chi connectivity index (χ1v) is 5.07. The number of benzene rings is 1. The molecule has 1 aromatic rings. The lowest BCUT2D eigenvalue weighted by Gasteiger charge is -2.08. The second-order valence-corrected chi connectivity index (χ2v) is 3.92. The maximum absolute atomic E-state index is 10.8. The van der Waals surface area contributed by atoms with E-state index in [1.165, 1.54) is 6.07 Å². The van der Waals surface area contributed by atoms with Crippen molar-refractivity contribution < 1.29 is 14.3 Å². The first-order valence-electron chi connectivity index (χ1n) is 3.56. The van der Waals surface area contributed by atoms with Gasteiger partial charge in [-0.15, -0.1) is 0 Å². The topological polar surface area (TPSA) is 35.5 Å². The van der Waals surface area contributed by atoms with E-state index in [0.29, 0.717) is 0 Å². The standard InChI is InChI=1S/C8H4Cl4O3/c1-14-8(13)15-7-4(10)2-3(9)5(11)6(7)12/h2H,1H3. The number of hydrogen-bond acceptors (Lipinski definition) is 3. The molecule has 0 bridgehead atoms. The number of hydrogen-bond donors (Lipinski definition) is 0. The zero-order valence-electron chi connectivity index (χ0n) is 7.31. The molecule has 0 radical (unpaired) electrons. The van der Waals surface area contributed by atoms with Crippen molar-refractivity contribution >= 4 is 52.6 Å². The fourth-order valence-corrected chi connectivity index (χ4v) is 1.75. The monoisotopic (exact) mass is 288 g/mol. The Balaban J connectivity index is 3.18. The summed E-state index contributed by atoms with van der Waals surface area (Å²) >= 11 is 22.9. The summed E-state index contributed by atoms with van der Waals surface area (Å²) in [5.74, 6) is -0.0837. The van der Waals surface area contributed by atoms with Crippen molar-refractivity contribution in [2.75, 3.05) is 7.11 Å². The molecule has 0 aliphatic rings. The van der Waals surface area contributed by atoms with Gasteiger partial charge in [0.15, 0.2) is 5.75 Å². The Kier molecular flexibility index (Phi) is 4.34. The van der Waals surface area contributed by atoms with Gasteiger partial charge < -0.3 is 9.47 Å². The molecule has 1 rings (SSSR count). The van der Waals surface area contributed by atoms with Gasteiger partial charge in [0.05, 0.1) is 22.2 Å². The average Bonchev–Trinajstić information content (AvgIpc) is 2.21. The van der Waals surface area contributed by atoms with E-state index in [-0.39, 0.29) is 25.8 Å². The minimum absolute atomic E-state index is 0.0421. The van der Waals surface area contributed by atoms with E-state index in [9.17, 15) is 4.79 Å². The number of rotatable bonds is 1. The normalized spacial score (nSPS) is 9.93. The molecule has 15 heavy (non-hydrogen) atoms. The molecule has 0 aliphatic heterocycles. The predicted octanol–water partition coefficient (Wildman–Crippen LogP) is 4.45. The van der Waals surface area contributed by atoms with Crippen molar-refractivity contribution in [1.82, 2.24) is 0 Å². The van der Waals surface area contributed by atoms with Crippen LogP contribution in [0.4, 0.5) is 4.79 Å². The average molecular weight is 290 g/mol. The van der Waals surface area contributed by atoms with Crippen molar-refractivity contribution in [2.45, 2.75) is 0 Å². The molecule has 3 nitrogen and oxygen atoms in total. The Morgan fingerprint density at radius 1 is 1.13 bits per heavy atom. The Hall–Kier alpha value is -0.350. The quantitative estimate of drug-likeness (QED) is 0.332. The van der Waals surface area contributed by atoms with Gasteiger partial charge in [0.1, 0.15) is 5.02 Å². The molecule has 0 saturated heterocycles. The van der Waals surface area contributed by atoms with Crippen LogP contribution in [0.15, 0.2) is 6.07 Å². The molecular formula is C8H4Cl4O3. The summed E-state index contributed by atoms with van der Waals surface area (Å²) in [6.45, 7) is 0. The highest BCUT2D eigenvalue weighted by molar-refractivity contribution is 6.50. The van der Waals surface area contributed by atoms with Crippen LogP contribution in [0.5, 0.6) is 5.75 Å². The first kappa shape index (κ1) is 12.7. The van der Waals surface area contributed by atoms with E-state index in [1.54, 1.807) is 0 Å². The summed E-state index contributed by atoms with van der Waals surface area (Å²) in [6, 6.07) is 1.32.